The third-order valence-corrected chi connectivity index (χ3v) is 3.82. The van der Waals surface area contributed by atoms with Gasteiger partial charge in [-0.1, -0.05) is 56.7 Å². The van der Waals surface area contributed by atoms with E-state index < -0.39 is 0 Å². The Labute approximate surface area is 117 Å². The molecule has 0 aliphatic rings. The first-order chi connectivity index (χ1) is 8.65. The highest BCUT2D eigenvalue weighted by Gasteiger charge is 2.05. The van der Waals surface area contributed by atoms with Gasteiger partial charge in [0.15, 0.2) is 0 Å². The van der Waals surface area contributed by atoms with Crippen molar-refractivity contribution >= 4 is 17.3 Å². The first-order valence-corrected chi connectivity index (χ1v) is 7.54. The fraction of sp³-hybridized carbons (Fsp3) is 0.625. The molecule has 1 N–H and O–H groups in total. The van der Waals surface area contributed by atoms with E-state index in [-0.39, 0.29) is 0 Å². The predicted octanol–water partition coefficient (Wildman–Crippen LogP) is 5.81. The minimum absolute atomic E-state index is 0.517. The average molecular weight is 268 g/mol. The third kappa shape index (κ3) is 5.30. The molecule has 18 heavy (non-hydrogen) atoms. The second kappa shape index (κ2) is 8.42. The predicted molar refractivity (Wildman–Crippen MR) is 82.6 cm³/mol. The fourth-order valence-electron chi connectivity index (χ4n) is 2.16. The average Bonchev–Trinajstić information content (AvgIpc) is 2.35. The summed E-state index contributed by atoms with van der Waals surface area (Å²) in [5, 5.41) is 4.40. The lowest BCUT2D eigenvalue weighted by Crippen LogP contribution is -2.15. The van der Waals surface area contributed by atoms with Crippen LogP contribution in [0.4, 0.5) is 5.69 Å². The molecule has 0 bridgehead atoms. The molecule has 2 heteroatoms. The highest BCUT2D eigenvalue weighted by atomic mass is 35.5. The van der Waals surface area contributed by atoms with Crippen LogP contribution >= 0.6 is 11.6 Å². The van der Waals surface area contributed by atoms with Crippen molar-refractivity contribution in [2.24, 2.45) is 0 Å². The van der Waals surface area contributed by atoms with Crippen LogP contribution in [0.5, 0.6) is 0 Å². The smallest absolute Gasteiger partial charge is 0.0455 e. The minimum Gasteiger partial charge on any atom is -0.382 e. The zero-order valence-electron chi connectivity index (χ0n) is 11.9. The molecule has 1 nitrogen and oxygen atoms in total. The maximum absolute atomic E-state index is 6.12. The van der Waals surface area contributed by atoms with Crippen LogP contribution in [0.1, 0.15) is 57.9 Å². The van der Waals surface area contributed by atoms with E-state index in [1.165, 1.54) is 44.2 Å². The Morgan fingerprint density at radius 2 is 1.89 bits per heavy atom. The van der Waals surface area contributed by atoms with Crippen molar-refractivity contribution in [1.82, 2.24) is 0 Å². The maximum atomic E-state index is 6.12. The first kappa shape index (κ1) is 15.4. The zero-order valence-corrected chi connectivity index (χ0v) is 12.7. The van der Waals surface area contributed by atoms with Gasteiger partial charge in [-0.3, -0.25) is 0 Å². The largest absolute Gasteiger partial charge is 0.382 e. The fourth-order valence-corrected chi connectivity index (χ4v) is 2.33. The number of nitrogens with one attached hydrogen (secondary N) is 1. The lowest BCUT2D eigenvalue weighted by atomic mass is 10.1. The van der Waals surface area contributed by atoms with Crippen LogP contribution in [0, 0.1) is 6.92 Å². The maximum Gasteiger partial charge on any atom is 0.0455 e. The summed E-state index contributed by atoms with van der Waals surface area (Å²) in [5.41, 5.74) is 2.32. The number of halogens is 1. The van der Waals surface area contributed by atoms with Gasteiger partial charge in [0.05, 0.1) is 0 Å². The Balaban J connectivity index is 2.31. The van der Waals surface area contributed by atoms with Gasteiger partial charge < -0.3 is 5.32 Å². The van der Waals surface area contributed by atoms with E-state index >= 15 is 0 Å². The lowest BCUT2D eigenvalue weighted by Gasteiger charge is -2.17. The van der Waals surface area contributed by atoms with Gasteiger partial charge in [0, 0.05) is 16.8 Å². The van der Waals surface area contributed by atoms with Crippen LogP contribution in [0.25, 0.3) is 0 Å². The summed E-state index contributed by atoms with van der Waals surface area (Å²) in [6.07, 6.45) is 7.96. The monoisotopic (exact) mass is 267 g/mol. The summed E-state index contributed by atoms with van der Waals surface area (Å²) in [5.74, 6) is 0. The van der Waals surface area contributed by atoms with E-state index in [2.05, 4.69) is 32.2 Å². The van der Waals surface area contributed by atoms with Crippen LogP contribution < -0.4 is 5.32 Å². The number of unbranched alkanes of at least 4 members (excludes halogenated alkanes) is 4. The molecule has 1 aromatic carbocycles. The highest BCUT2D eigenvalue weighted by molar-refractivity contribution is 6.31. The third-order valence-electron chi connectivity index (χ3n) is 3.41. The van der Waals surface area contributed by atoms with Crippen molar-refractivity contribution in [3.05, 3.63) is 28.8 Å². The van der Waals surface area contributed by atoms with Gasteiger partial charge in [0.2, 0.25) is 0 Å². The van der Waals surface area contributed by atoms with E-state index in [4.69, 9.17) is 11.6 Å². The summed E-state index contributed by atoms with van der Waals surface area (Å²) in [6.45, 7) is 6.57. The molecule has 1 rings (SSSR count). The molecule has 0 heterocycles. The van der Waals surface area contributed by atoms with Crippen molar-refractivity contribution in [2.45, 2.75) is 65.3 Å². The second-order valence-electron chi connectivity index (χ2n) is 5.16. The molecule has 1 atom stereocenters. The molecule has 0 aliphatic carbocycles. The Hall–Kier alpha value is -0.690. The van der Waals surface area contributed by atoms with Crippen LogP contribution in [0.15, 0.2) is 18.2 Å². The molecule has 0 amide bonds. The quantitative estimate of drug-likeness (QED) is 0.586. The van der Waals surface area contributed by atoms with Crippen LogP contribution in [-0.4, -0.2) is 6.04 Å². The van der Waals surface area contributed by atoms with Crippen LogP contribution in [0.3, 0.4) is 0 Å². The second-order valence-corrected chi connectivity index (χ2v) is 5.57. The van der Waals surface area contributed by atoms with E-state index in [1.807, 2.05) is 12.1 Å². The van der Waals surface area contributed by atoms with Crippen LogP contribution in [0.2, 0.25) is 5.02 Å². The number of hydrogen-bond acceptors (Lipinski definition) is 1. The molecular weight excluding hydrogens is 242 g/mol. The standard InChI is InChI=1S/C16H26ClN/c1-4-5-6-7-8-10-13(2)18-16-12-9-11-15(17)14(16)3/h9,11-13,18H,4-8,10H2,1-3H3. The molecule has 1 unspecified atom stereocenters. The number of rotatable bonds is 8. The number of anilines is 1. The van der Waals surface area contributed by atoms with E-state index in [1.54, 1.807) is 0 Å². The van der Waals surface area contributed by atoms with Gasteiger partial charge in [-0.05, 0) is 38.0 Å². The Bertz CT molecular complexity index is 349. The SMILES string of the molecule is CCCCCCCC(C)Nc1cccc(Cl)c1C. The summed E-state index contributed by atoms with van der Waals surface area (Å²) in [4.78, 5) is 0. The van der Waals surface area contributed by atoms with Gasteiger partial charge in [-0.15, -0.1) is 0 Å². The topological polar surface area (TPSA) is 12.0 Å². The molecule has 0 saturated heterocycles. The lowest BCUT2D eigenvalue weighted by molar-refractivity contribution is 0.578. The summed E-state index contributed by atoms with van der Waals surface area (Å²) >= 11 is 6.12. The van der Waals surface area contributed by atoms with E-state index in [0.29, 0.717) is 6.04 Å². The van der Waals surface area contributed by atoms with Gasteiger partial charge in [0.1, 0.15) is 0 Å². The first-order valence-electron chi connectivity index (χ1n) is 7.16. The van der Waals surface area contributed by atoms with Crippen molar-refractivity contribution in [3.8, 4) is 0 Å². The Morgan fingerprint density at radius 3 is 2.61 bits per heavy atom. The molecule has 0 spiro atoms. The van der Waals surface area contributed by atoms with Gasteiger partial charge >= 0.3 is 0 Å². The van der Waals surface area contributed by atoms with Gasteiger partial charge in [0.25, 0.3) is 0 Å². The molecule has 0 radical (unpaired) electrons. The normalized spacial score (nSPS) is 12.4. The van der Waals surface area contributed by atoms with E-state index in [0.717, 1.165) is 10.6 Å². The molecule has 102 valence electrons. The number of benzene rings is 1. The number of hydrogen-bond donors (Lipinski definition) is 1. The molecule has 0 saturated carbocycles. The van der Waals surface area contributed by atoms with Crippen molar-refractivity contribution in [3.63, 3.8) is 0 Å². The zero-order chi connectivity index (χ0) is 13.4. The van der Waals surface area contributed by atoms with Crippen molar-refractivity contribution in [2.75, 3.05) is 5.32 Å². The summed E-state index contributed by atoms with van der Waals surface area (Å²) < 4.78 is 0. The molecule has 0 aliphatic heterocycles. The summed E-state index contributed by atoms with van der Waals surface area (Å²) in [6, 6.07) is 6.57. The summed E-state index contributed by atoms with van der Waals surface area (Å²) in [7, 11) is 0. The van der Waals surface area contributed by atoms with Gasteiger partial charge in [-0.25, -0.2) is 0 Å². The van der Waals surface area contributed by atoms with Crippen molar-refractivity contribution in [1.29, 1.82) is 0 Å². The Morgan fingerprint density at radius 1 is 1.17 bits per heavy atom. The minimum atomic E-state index is 0.517. The van der Waals surface area contributed by atoms with Gasteiger partial charge in [-0.2, -0.15) is 0 Å². The molecule has 0 fully saturated rings. The molecule has 0 aromatic heterocycles. The molecule has 1 aromatic rings. The highest BCUT2D eigenvalue weighted by Crippen LogP contribution is 2.24. The van der Waals surface area contributed by atoms with Crippen molar-refractivity contribution < 1.29 is 0 Å². The van der Waals surface area contributed by atoms with E-state index in [9.17, 15) is 0 Å². The Kier molecular flexibility index (Phi) is 7.19. The molecular formula is C16H26ClN. The van der Waals surface area contributed by atoms with Crippen LogP contribution in [-0.2, 0) is 0 Å².